The molecular formula is C22H21NO7. The van der Waals surface area contributed by atoms with Crippen LogP contribution in [0.1, 0.15) is 30.4 Å². The predicted octanol–water partition coefficient (Wildman–Crippen LogP) is 2.25. The van der Waals surface area contributed by atoms with Gasteiger partial charge in [-0.1, -0.05) is 12.1 Å². The number of phenols is 1. The summed E-state index contributed by atoms with van der Waals surface area (Å²) in [4.78, 5) is 25.7. The van der Waals surface area contributed by atoms with Crippen LogP contribution in [0, 0.1) is 0 Å². The number of rotatable bonds is 6. The van der Waals surface area contributed by atoms with Crippen molar-refractivity contribution in [2.75, 3.05) is 13.3 Å². The Morgan fingerprint density at radius 3 is 2.67 bits per heavy atom. The number of nitrogens with one attached hydrogen (secondary N) is 1. The molecule has 1 amide bonds. The van der Waals surface area contributed by atoms with Crippen molar-refractivity contribution >= 4 is 16.9 Å². The summed E-state index contributed by atoms with van der Waals surface area (Å²) in [7, 11) is 0. The molecule has 4 rings (SSSR count). The summed E-state index contributed by atoms with van der Waals surface area (Å²) >= 11 is 0. The second kappa shape index (κ2) is 8.08. The van der Waals surface area contributed by atoms with Crippen molar-refractivity contribution in [2.45, 2.75) is 25.4 Å². The highest BCUT2D eigenvalue weighted by atomic mass is 16.7. The van der Waals surface area contributed by atoms with Gasteiger partial charge in [0.2, 0.25) is 12.7 Å². The molecule has 0 saturated carbocycles. The quantitative estimate of drug-likeness (QED) is 0.569. The van der Waals surface area contributed by atoms with E-state index in [0.29, 0.717) is 28.0 Å². The van der Waals surface area contributed by atoms with Crippen LogP contribution in [0.5, 0.6) is 17.2 Å². The number of benzene rings is 2. The molecule has 2 atom stereocenters. The number of para-hydroxylation sites is 1. The first-order valence-corrected chi connectivity index (χ1v) is 9.51. The number of fused-ring (bicyclic) bond motifs is 2. The van der Waals surface area contributed by atoms with E-state index in [1.54, 1.807) is 37.3 Å². The molecule has 3 N–H and O–H groups in total. The van der Waals surface area contributed by atoms with E-state index in [-0.39, 0.29) is 42.4 Å². The molecule has 30 heavy (non-hydrogen) atoms. The number of aliphatic hydroxyl groups excluding tert-OH is 1. The fourth-order valence-electron chi connectivity index (χ4n) is 3.47. The van der Waals surface area contributed by atoms with Crippen LogP contribution >= 0.6 is 0 Å². The van der Waals surface area contributed by atoms with Gasteiger partial charge in [-0.15, -0.1) is 0 Å². The van der Waals surface area contributed by atoms with Crippen molar-refractivity contribution in [1.82, 2.24) is 5.32 Å². The fraction of sp³-hybridized carbons (Fsp3) is 0.273. The number of phenolic OH excluding ortho intramolecular Hbond substituents is 1. The largest absolute Gasteiger partial charge is 0.508 e. The third-order valence-electron chi connectivity index (χ3n) is 4.96. The van der Waals surface area contributed by atoms with Crippen LogP contribution in [0.25, 0.3) is 11.0 Å². The number of carbonyl (C=O) groups is 1. The summed E-state index contributed by atoms with van der Waals surface area (Å²) in [6, 6.07) is 9.79. The lowest BCUT2D eigenvalue weighted by atomic mass is 9.87. The molecule has 3 aromatic rings. The first-order valence-electron chi connectivity index (χ1n) is 9.51. The molecule has 1 aliphatic rings. The highest BCUT2D eigenvalue weighted by Gasteiger charge is 2.28. The minimum absolute atomic E-state index is 0.0237. The lowest BCUT2D eigenvalue weighted by Crippen LogP contribution is -2.32. The second-order valence-electron chi connectivity index (χ2n) is 7.19. The van der Waals surface area contributed by atoms with Gasteiger partial charge < -0.3 is 29.4 Å². The van der Waals surface area contributed by atoms with Crippen LogP contribution in [-0.2, 0) is 4.79 Å². The number of ether oxygens (including phenoxy) is 2. The zero-order valence-electron chi connectivity index (χ0n) is 16.3. The van der Waals surface area contributed by atoms with E-state index in [4.69, 9.17) is 13.9 Å². The Morgan fingerprint density at radius 2 is 1.90 bits per heavy atom. The Bertz CT molecular complexity index is 1150. The number of aromatic hydroxyl groups is 1. The molecule has 2 heterocycles. The van der Waals surface area contributed by atoms with E-state index in [1.165, 1.54) is 12.3 Å². The molecule has 156 valence electrons. The van der Waals surface area contributed by atoms with Crippen LogP contribution in [-0.4, -0.2) is 35.6 Å². The summed E-state index contributed by atoms with van der Waals surface area (Å²) < 4.78 is 16.3. The molecule has 0 spiro atoms. The Hall–Kier alpha value is -3.52. The first-order chi connectivity index (χ1) is 14.4. The summed E-state index contributed by atoms with van der Waals surface area (Å²) in [6.45, 7) is 1.65. The van der Waals surface area contributed by atoms with Crippen molar-refractivity contribution in [3.63, 3.8) is 0 Å². The van der Waals surface area contributed by atoms with Gasteiger partial charge in [-0.3, -0.25) is 9.59 Å². The summed E-state index contributed by atoms with van der Waals surface area (Å²) in [5, 5.41) is 23.0. The van der Waals surface area contributed by atoms with Gasteiger partial charge in [-0.25, -0.2) is 0 Å². The smallest absolute Gasteiger partial charge is 0.231 e. The molecule has 0 aliphatic carbocycles. The van der Waals surface area contributed by atoms with Crippen LogP contribution in [0.2, 0.25) is 0 Å². The van der Waals surface area contributed by atoms with E-state index in [9.17, 15) is 19.8 Å². The zero-order valence-corrected chi connectivity index (χ0v) is 16.3. The van der Waals surface area contributed by atoms with Crippen LogP contribution in [0.15, 0.2) is 51.9 Å². The maximum Gasteiger partial charge on any atom is 0.231 e. The molecule has 0 bridgehead atoms. The normalized spacial score (nSPS) is 14.5. The molecule has 1 unspecified atom stereocenters. The number of aliphatic hydroxyl groups is 1. The van der Waals surface area contributed by atoms with E-state index >= 15 is 0 Å². The third kappa shape index (κ3) is 3.81. The lowest BCUT2D eigenvalue weighted by Gasteiger charge is -2.19. The van der Waals surface area contributed by atoms with Gasteiger partial charge in [-0.05, 0) is 25.1 Å². The van der Waals surface area contributed by atoms with Gasteiger partial charge in [0.25, 0.3) is 0 Å². The predicted molar refractivity (Wildman–Crippen MR) is 108 cm³/mol. The molecule has 0 saturated heterocycles. The molecule has 1 aromatic heterocycles. The lowest BCUT2D eigenvalue weighted by molar-refractivity contribution is -0.121. The Kier molecular flexibility index (Phi) is 5.33. The number of hydrogen-bond acceptors (Lipinski definition) is 7. The zero-order chi connectivity index (χ0) is 21.3. The molecular weight excluding hydrogens is 390 g/mol. The van der Waals surface area contributed by atoms with E-state index < -0.39 is 12.0 Å². The van der Waals surface area contributed by atoms with Gasteiger partial charge in [0.1, 0.15) is 11.3 Å². The summed E-state index contributed by atoms with van der Waals surface area (Å²) in [6.07, 6.45) is 0.474. The summed E-state index contributed by atoms with van der Waals surface area (Å²) in [5.74, 6) is -0.499. The van der Waals surface area contributed by atoms with Crippen LogP contribution in [0.4, 0.5) is 0 Å². The number of amides is 1. The molecule has 0 radical (unpaired) electrons. The molecule has 8 nitrogen and oxygen atoms in total. The Labute approximate surface area is 171 Å². The maximum absolute atomic E-state index is 13.2. The van der Waals surface area contributed by atoms with Gasteiger partial charge in [0.05, 0.1) is 17.8 Å². The molecule has 8 heteroatoms. The topological polar surface area (TPSA) is 118 Å². The van der Waals surface area contributed by atoms with Gasteiger partial charge in [-0.2, -0.15) is 0 Å². The average Bonchev–Trinajstić information content (AvgIpc) is 3.18. The standard InChI is InChI=1S/C22H21NO7/c1-12(24)9-23-21(26)7-14(15-6-19-20(8-17(15)25)30-11-29-19)16-10-28-18-5-3-2-4-13(18)22(16)27/h2-6,8,10,12,14,24-25H,7,9,11H2,1H3,(H,23,26)/t12-,14?/m1/s1. The first kappa shape index (κ1) is 19.8. The van der Waals surface area contributed by atoms with E-state index in [2.05, 4.69) is 5.32 Å². The highest BCUT2D eigenvalue weighted by Crippen LogP contribution is 2.42. The van der Waals surface area contributed by atoms with E-state index in [1.807, 2.05) is 0 Å². The Morgan fingerprint density at radius 1 is 1.17 bits per heavy atom. The van der Waals surface area contributed by atoms with Crippen molar-refractivity contribution in [2.24, 2.45) is 0 Å². The fourth-order valence-corrected chi connectivity index (χ4v) is 3.47. The molecule has 2 aromatic carbocycles. The minimum atomic E-state index is -0.797. The maximum atomic E-state index is 13.2. The van der Waals surface area contributed by atoms with Crippen molar-refractivity contribution in [1.29, 1.82) is 0 Å². The SMILES string of the molecule is C[C@@H](O)CNC(=O)CC(c1cc2c(cc1O)OCO2)c1coc2ccccc2c1=O. The van der Waals surface area contributed by atoms with Gasteiger partial charge in [0, 0.05) is 36.1 Å². The van der Waals surface area contributed by atoms with Gasteiger partial charge >= 0.3 is 0 Å². The molecule has 0 fully saturated rings. The van der Waals surface area contributed by atoms with Crippen molar-refractivity contribution < 1.29 is 28.9 Å². The Balaban J connectivity index is 1.80. The van der Waals surface area contributed by atoms with E-state index in [0.717, 1.165) is 0 Å². The number of carbonyl (C=O) groups excluding carboxylic acids is 1. The third-order valence-corrected chi connectivity index (χ3v) is 4.96. The molecule has 1 aliphatic heterocycles. The highest BCUT2D eigenvalue weighted by molar-refractivity contribution is 5.80. The second-order valence-corrected chi connectivity index (χ2v) is 7.19. The monoisotopic (exact) mass is 411 g/mol. The van der Waals surface area contributed by atoms with Gasteiger partial charge in [0.15, 0.2) is 16.9 Å². The van der Waals surface area contributed by atoms with Crippen LogP contribution < -0.4 is 20.2 Å². The minimum Gasteiger partial charge on any atom is -0.508 e. The number of hydrogen-bond donors (Lipinski definition) is 3. The van der Waals surface area contributed by atoms with Crippen LogP contribution in [0.3, 0.4) is 0 Å². The van der Waals surface area contributed by atoms with Crippen molar-refractivity contribution in [3.05, 3.63) is 64.0 Å². The summed E-state index contributed by atoms with van der Waals surface area (Å²) in [5.41, 5.74) is 0.713. The average molecular weight is 411 g/mol. The van der Waals surface area contributed by atoms with Crippen molar-refractivity contribution in [3.8, 4) is 17.2 Å².